The largest absolute Gasteiger partial charge is 0.338 e. The molecule has 1 N–H and O–H groups in total. The highest BCUT2D eigenvalue weighted by Crippen LogP contribution is 2.50. The molecular weight excluding hydrogens is 274 g/mol. The van der Waals surface area contributed by atoms with E-state index in [0.717, 1.165) is 32.0 Å². The van der Waals surface area contributed by atoms with Gasteiger partial charge in [-0.25, -0.2) is 8.78 Å². The molecule has 1 aromatic rings. The highest BCUT2D eigenvalue weighted by molar-refractivity contribution is 5.83. The summed E-state index contributed by atoms with van der Waals surface area (Å²) in [5.74, 6) is -1.88. The van der Waals surface area contributed by atoms with E-state index in [0.29, 0.717) is 12.0 Å². The molecule has 1 saturated heterocycles. The number of likely N-dealkylation sites (tertiary alicyclic amines) is 1. The van der Waals surface area contributed by atoms with E-state index in [9.17, 15) is 13.6 Å². The number of likely N-dealkylation sites (N-methyl/N-ethyl adjacent to an activating group) is 1. The number of benzene rings is 1. The van der Waals surface area contributed by atoms with Crippen LogP contribution in [0.25, 0.3) is 0 Å². The molecule has 21 heavy (non-hydrogen) atoms. The number of halogens is 2. The Labute approximate surface area is 123 Å². The van der Waals surface area contributed by atoms with E-state index in [2.05, 4.69) is 5.32 Å². The third-order valence-corrected chi connectivity index (χ3v) is 4.59. The Morgan fingerprint density at radius 2 is 2.24 bits per heavy atom. The second-order valence-electron chi connectivity index (χ2n) is 5.98. The molecule has 2 aliphatic rings. The van der Waals surface area contributed by atoms with Gasteiger partial charge in [0.05, 0.1) is 0 Å². The Morgan fingerprint density at radius 3 is 3.00 bits per heavy atom. The lowest BCUT2D eigenvalue weighted by Gasteiger charge is -2.24. The normalized spacial score (nSPS) is 28.0. The highest BCUT2D eigenvalue weighted by Gasteiger charge is 2.48. The van der Waals surface area contributed by atoms with Gasteiger partial charge in [0.2, 0.25) is 5.91 Å². The molecule has 0 bridgehead atoms. The highest BCUT2D eigenvalue weighted by atomic mass is 19.2. The van der Waals surface area contributed by atoms with E-state index in [4.69, 9.17) is 0 Å². The fourth-order valence-electron chi connectivity index (χ4n) is 3.41. The summed E-state index contributed by atoms with van der Waals surface area (Å²) in [5.41, 5.74) is 0.345. The number of hydrogen-bond donors (Lipinski definition) is 1. The first-order chi connectivity index (χ1) is 10.1. The SMILES string of the molecule is CNC[C@@H]1CCCN1C(=O)[C@@H]1C[C@@H]1c1cccc(F)c1F. The van der Waals surface area contributed by atoms with Gasteiger partial charge in [-0.1, -0.05) is 12.1 Å². The molecule has 0 radical (unpaired) electrons. The first kappa shape index (κ1) is 14.4. The van der Waals surface area contributed by atoms with Crippen LogP contribution in [0.5, 0.6) is 0 Å². The molecule has 1 saturated carbocycles. The molecule has 1 amide bonds. The van der Waals surface area contributed by atoms with Crippen molar-refractivity contribution in [1.82, 2.24) is 10.2 Å². The summed E-state index contributed by atoms with van der Waals surface area (Å²) >= 11 is 0. The average Bonchev–Trinajstić information content (AvgIpc) is 3.13. The lowest BCUT2D eigenvalue weighted by atomic mass is 10.1. The molecule has 1 aliphatic heterocycles. The number of nitrogens with zero attached hydrogens (tertiary/aromatic N) is 1. The van der Waals surface area contributed by atoms with Gasteiger partial charge in [-0.3, -0.25) is 4.79 Å². The lowest BCUT2D eigenvalue weighted by molar-refractivity contribution is -0.133. The van der Waals surface area contributed by atoms with Crippen LogP contribution in [0.1, 0.15) is 30.7 Å². The van der Waals surface area contributed by atoms with Crippen molar-refractivity contribution in [3.63, 3.8) is 0 Å². The number of rotatable bonds is 4. The number of carbonyl (C=O) groups excluding carboxylic acids is 1. The van der Waals surface area contributed by atoms with Crippen LogP contribution in [0.4, 0.5) is 8.78 Å². The fraction of sp³-hybridized carbons (Fsp3) is 0.562. The Balaban J connectivity index is 1.70. The molecule has 3 atom stereocenters. The minimum Gasteiger partial charge on any atom is -0.338 e. The molecule has 5 heteroatoms. The van der Waals surface area contributed by atoms with Crippen molar-refractivity contribution in [3.05, 3.63) is 35.4 Å². The Bertz CT molecular complexity index is 549. The second kappa shape index (κ2) is 5.72. The molecule has 0 spiro atoms. The van der Waals surface area contributed by atoms with Gasteiger partial charge in [0.25, 0.3) is 0 Å². The summed E-state index contributed by atoms with van der Waals surface area (Å²) in [6.45, 7) is 1.57. The predicted molar refractivity (Wildman–Crippen MR) is 75.9 cm³/mol. The first-order valence-corrected chi connectivity index (χ1v) is 7.52. The topological polar surface area (TPSA) is 32.3 Å². The van der Waals surface area contributed by atoms with Gasteiger partial charge in [0.15, 0.2) is 11.6 Å². The van der Waals surface area contributed by atoms with E-state index in [-0.39, 0.29) is 23.8 Å². The summed E-state index contributed by atoms with van der Waals surface area (Å²) < 4.78 is 27.1. The van der Waals surface area contributed by atoms with Crippen molar-refractivity contribution in [2.24, 2.45) is 5.92 Å². The number of carbonyl (C=O) groups is 1. The van der Waals surface area contributed by atoms with Gasteiger partial charge in [0.1, 0.15) is 0 Å². The number of nitrogens with one attached hydrogen (secondary N) is 1. The van der Waals surface area contributed by atoms with E-state index in [1.54, 1.807) is 6.07 Å². The maximum Gasteiger partial charge on any atom is 0.226 e. The maximum atomic E-state index is 13.8. The molecular formula is C16H20F2N2O. The summed E-state index contributed by atoms with van der Waals surface area (Å²) in [6, 6.07) is 4.45. The Hall–Kier alpha value is -1.49. The first-order valence-electron chi connectivity index (χ1n) is 7.52. The van der Waals surface area contributed by atoms with Crippen LogP contribution >= 0.6 is 0 Å². The number of amides is 1. The predicted octanol–water partition coefficient (Wildman–Crippen LogP) is 2.28. The third-order valence-electron chi connectivity index (χ3n) is 4.59. The molecule has 3 rings (SSSR count). The second-order valence-corrected chi connectivity index (χ2v) is 5.98. The van der Waals surface area contributed by atoms with Crippen molar-refractivity contribution < 1.29 is 13.6 Å². The zero-order valence-electron chi connectivity index (χ0n) is 12.1. The lowest BCUT2D eigenvalue weighted by Crippen LogP contribution is -2.41. The summed E-state index contributed by atoms with van der Waals surface area (Å²) in [4.78, 5) is 14.5. The zero-order valence-corrected chi connectivity index (χ0v) is 12.1. The standard InChI is InChI=1S/C16H20F2N2O/c1-19-9-10-4-3-7-20(10)16(21)13-8-12(13)11-5-2-6-14(17)15(11)18/h2,5-6,10,12-13,19H,3-4,7-9H2,1H3/t10-,12+,13+/m0/s1. The van der Waals surface area contributed by atoms with Crippen LogP contribution in [0, 0.1) is 17.6 Å². The average molecular weight is 294 g/mol. The zero-order chi connectivity index (χ0) is 15.0. The summed E-state index contributed by atoms with van der Waals surface area (Å²) in [7, 11) is 1.88. The molecule has 114 valence electrons. The Morgan fingerprint density at radius 1 is 1.43 bits per heavy atom. The van der Waals surface area contributed by atoms with E-state index < -0.39 is 11.6 Å². The van der Waals surface area contributed by atoms with Crippen LogP contribution in [-0.2, 0) is 4.79 Å². The van der Waals surface area contributed by atoms with Crippen LogP contribution in [-0.4, -0.2) is 37.0 Å². The van der Waals surface area contributed by atoms with Crippen LogP contribution in [0.15, 0.2) is 18.2 Å². The smallest absolute Gasteiger partial charge is 0.226 e. The van der Waals surface area contributed by atoms with Crippen molar-refractivity contribution >= 4 is 5.91 Å². The molecule has 2 fully saturated rings. The quantitative estimate of drug-likeness (QED) is 0.924. The Kier molecular flexibility index (Phi) is 3.93. The van der Waals surface area contributed by atoms with Gasteiger partial charge in [-0.15, -0.1) is 0 Å². The van der Waals surface area contributed by atoms with E-state index >= 15 is 0 Å². The molecule has 1 aliphatic carbocycles. The minimum atomic E-state index is -0.833. The molecule has 1 heterocycles. The molecule has 1 aromatic carbocycles. The number of hydrogen-bond acceptors (Lipinski definition) is 2. The van der Waals surface area contributed by atoms with Crippen LogP contribution in [0.2, 0.25) is 0 Å². The van der Waals surface area contributed by atoms with Gasteiger partial charge >= 0.3 is 0 Å². The van der Waals surface area contributed by atoms with Crippen molar-refractivity contribution in [1.29, 1.82) is 0 Å². The minimum absolute atomic E-state index is 0.0985. The van der Waals surface area contributed by atoms with Crippen molar-refractivity contribution in [3.8, 4) is 0 Å². The van der Waals surface area contributed by atoms with Gasteiger partial charge < -0.3 is 10.2 Å². The van der Waals surface area contributed by atoms with Crippen LogP contribution < -0.4 is 5.32 Å². The van der Waals surface area contributed by atoms with E-state index in [1.807, 2.05) is 11.9 Å². The van der Waals surface area contributed by atoms with Gasteiger partial charge in [-0.05, 0) is 43.9 Å². The van der Waals surface area contributed by atoms with Crippen molar-refractivity contribution in [2.45, 2.75) is 31.2 Å². The van der Waals surface area contributed by atoms with E-state index in [1.165, 1.54) is 6.07 Å². The summed E-state index contributed by atoms with van der Waals surface area (Å²) in [6.07, 6.45) is 2.66. The fourth-order valence-corrected chi connectivity index (χ4v) is 3.41. The molecule has 3 nitrogen and oxygen atoms in total. The van der Waals surface area contributed by atoms with Crippen molar-refractivity contribution in [2.75, 3.05) is 20.1 Å². The van der Waals surface area contributed by atoms with Gasteiger partial charge in [-0.2, -0.15) is 0 Å². The third kappa shape index (κ3) is 2.67. The van der Waals surface area contributed by atoms with Gasteiger partial charge in [0, 0.05) is 25.0 Å². The van der Waals surface area contributed by atoms with Crippen LogP contribution in [0.3, 0.4) is 0 Å². The summed E-state index contributed by atoms with van der Waals surface area (Å²) in [5, 5.41) is 3.11. The monoisotopic (exact) mass is 294 g/mol. The maximum absolute atomic E-state index is 13.8. The molecule has 0 aromatic heterocycles. The molecule has 0 unspecified atom stereocenters.